The number of hydrogen-bond donors (Lipinski definition) is 1. The number of rotatable bonds is 9. The average molecular weight is 409 g/mol. The Morgan fingerprint density at radius 2 is 2.25 bits per heavy atom. The van der Waals surface area contributed by atoms with Crippen molar-refractivity contribution in [3.8, 4) is 5.75 Å². The maximum atomic E-state index is 12.3. The molecule has 1 N–H and O–H groups in total. The molecule has 0 bridgehead atoms. The Balaban J connectivity index is 1.67. The summed E-state index contributed by atoms with van der Waals surface area (Å²) in [6.45, 7) is 10.2. The zero-order valence-corrected chi connectivity index (χ0v) is 17.2. The number of halogens is 1. The van der Waals surface area contributed by atoms with E-state index in [1.54, 1.807) is 6.08 Å². The van der Waals surface area contributed by atoms with Gasteiger partial charge in [0, 0.05) is 55.3 Å². The number of hydrogen-bond acceptors (Lipinski definition) is 5. The van der Waals surface area contributed by atoms with E-state index in [4.69, 9.17) is 21.1 Å². The van der Waals surface area contributed by atoms with Crippen molar-refractivity contribution in [1.82, 2.24) is 9.80 Å². The number of amides is 1. The monoisotopic (exact) mass is 408 g/mol. The summed E-state index contributed by atoms with van der Waals surface area (Å²) < 4.78 is 11.0. The number of aliphatic hydroxyl groups excluding tert-OH is 1. The van der Waals surface area contributed by atoms with Gasteiger partial charge in [-0.25, -0.2) is 0 Å². The molecule has 2 fully saturated rings. The van der Waals surface area contributed by atoms with E-state index in [0.29, 0.717) is 37.9 Å². The molecule has 154 valence electrons. The van der Waals surface area contributed by atoms with Gasteiger partial charge >= 0.3 is 0 Å². The van der Waals surface area contributed by atoms with Crippen LogP contribution in [0.15, 0.2) is 30.9 Å². The summed E-state index contributed by atoms with van der Waals surface area (Å²) in [6, 6.07) is 5.63. The molecule has 1 aromatic rings. The topological polar surface area (TPSA) is 62.2 Å². The van der Waals surface area contributed by atoms with E-state index >= 15 is 0 Å². The lowest BCUT2D eigenvalue weighted by Crippen LogP contribution is -2.40. The van der Waals surface area contributed by atoms with E-state index in [-0.39, 0.29) is 30.5 Å². The summed E-state index contributed by atoms with van der Waals surface area (Å²) in [6.07, 6.45) is 1.72. The van der Waals surface area contributed by atoms with Gasteiger partial charge in [-0.3, -0.25) is 9.69 Å². The molecular formula is C21H29ClN2O4. The van der Waals surface area contributed by atoms with Gasteiger partial charge in [0.1, 0.15) is 19.0 Å². The Morgan fingerprint density at radius 3 is 2.93 bits per heavy atom. The van der Waals surface area contributed by atoms with Crippen LogP contribution in [0, 0.1) is 11.3 Å². The Hall–Kier alpha value is -1.60. The molecule has 0 aliphatic carbocycles. The van der Waals surface area contributed by atoms with Gasteiger partial charge in [0.2, 0.25) is 5.91 Å². The van der Waals surface area contributed by atoms with E-state index < -0.39 is 0 Å². The summed E-state index contributed by atoms with van der Waals surface area (Å²) in [4.78, 5) is 16.5. The quantitative estimate of drug-likeness (QED) is 0.635. The lowest BCUT2D eigenvalue weighted by molar-refractivity contribution is -0.135. The van der Waals surface area contributed by atoms with Gasteiger partial charge in [0.15, 0.2) is 0 Å². The number of likely N-dealkylation sites (tertiary alicyclic amines) is 2. The summed E-state index contributed by atoms with van der Waals surface area (Å²) in [5.74, 6) is 1.05. The number of fused-ring (bicyclic) bond motifs is 1. The molecule has 2 aliphatic heterocycles. The minimum atomic E-state index is -0.275. The zero-order valence-electron chi connectivity index (χ0n) is 16.4. The molecule has 0 spiro atoms. The smallest absolute Gasteiger partial charge is 0.248 e. The first-order valence-corrected chi connectivity index (χ1v) is 10.1. The number of benzene rings is 1. The number of aliphatic hydroxyl groups is 1. The fraction of sp³-hybridized carbons (Fsp3) is 0.571. The van der Waals surface area contributed by atoms with E-state index in [1.165, 1.54) is 0 Å². The standard InChI is InChI=1S/C21H29ClN2O4/c1-3-7-28-19-6-5-18(22)8-16(19)9-23-10-17-11-24(20(26)12-27-4-2)14-21(17,13-23)15-25/h3,5-6,8,17,25H,1,4,7,9-15H2,2H3. The summed E-state index contributed by atoms with van der Waals surface area (Å²) in [5.41, 5.74) is 0.745. The number of carbonyl (C=O) groups is 1. The van der Waals surface area contributed by atoms with Gasteiger partial charge in [-0.2, -0.15) is 0 Å². The predicted molar refractivity (Wildman–Crippen MR) is 109 cm³/mol. The Bertz CT molecular complexity index is 714. The molecular weight excluding hydrogens is 380 g/mol. The van der Waals surface area contributed by atoms with Crippen molar-refractivity contribution < 1.29 is 19.4 Å². The van der Waals surface area contributed by atoms with Crippen LogP contribution in [-0.4, -0.2) is 73.4 Å². The van der Waals surface area contributed by atoms with Gasteiger partial charge in [0.05, 0.1) is 6.61 Å². The first-order valence-electron chi connectivity index (χ1n) is 9.72. The minimum absolute atomic E-state index is 0.00516. The molecule has 28 heavy (non-hydrogen) atoms. The van der Waals surface area contributed by atoms with Crippen molar-refractivity contribution in [1.29, 1.82) is 0 Å². The molecule has 1 aromatic carbocycles. The third-order valence-electron chi connectivity index (χ3n) is 5.70. The summed E-state index contributed by atoms with van der Waals surface area (Å²) in [7, 11) is 0. The SMILES string of the molecule is C=CCOc1ccc(Cl)cc1CN1CC2CN(C(=O)COCC)CC2(CO)C1. The van der Waals surface area contributed by atoms with Gasteiger partial charge < -0.3 is 19.5 Å². The fourth-order valence-corrected chi connectivity index (χ4v) is 4.50. The second-order valence-electron chi connectivity index (χ2n) is 7.65. The van der Waals surface area contributed by atoms with Crippen molar-refractivity contribution in [2.75, 3.05) is 52.6 Å². The van der Waals surface area contributed by atoms with Crippen molar-refractivity contribution >= 4 is 17.5 Å². The highest BCUT2D eigenvalue weighted by Gasteiger charge is 2.53. The van der Waals surface area contributed by atoms with Crippen LogP contribution >= 0.6 is 11.6 Å². The minimum Gasteiger partial charge on any atom is -0.489 e. The van der Waals surface area contributed by atoms with Crippen molar-refractivity contribution in [3.05, 3.63) is 41.4 Å². The van der Waals surface area contributed by atoms with Crippen LogP contribution in [0.1, 0.15) is 12.5 Å². The molecule has 2 unspecified atom stereocenters. The fourth-order valence-electron chi connectivity index (χ4n) is 4.31. The maximum absolute atomic E-state index is 12.3. The van der Waals surface area contributed by atoms with E-state index in [0.717, 1.165) is 24.4 Å². The van der Waals surface area contributed by atoms with E-state index in [9.17, 15) is 9.90 Å². The molecule has 3 rings (SSSR count). The van der Waals surface area contributed by atoms with Crippen LogP contribution in [0.25, 0.3) is 0 Å². The van der Waals surface area contributed by atoms with Gasteiger partial charge in [0.25, 0.3) is 0 Å². The van der Waals surface area contributed by atoms with E-state index in [1.807, 2.05) is 30.0 Å². The zero-order chi connectivity index (χ0) is 20.1. The third-order valence-corrected chi connectivity index (χ3v) is 5.94. The van der Waals surface area contributed by atoms with Crippen LogP contribution in [0.2, 0.25) is 5.02 Å². The lowest BCUT2D eigenvalue weighted by atomic mass is 9.82. The summed E-state index contributed by atoms with van der Waals surface area (Å²) in [5, 5.41) is 10.8. The number of nitrogens with zero attached hydrogens (tertiary/aromatic N) is 2. The second kappa shape index (κ2) is 9.27. The number of ether oxygens (including phenoxy) is 2. The third kappa shape index (κ3) is 4.51. The molecule has 0 aromatic heterocycles. The molecule has 2 aliphatic rings. The first-order chi connectivity index (χ1) is 13.5. The summed E-state index contributed by atoms with van der Waals surface area (Å²) >= 11 is 6.19. The molecule has 2 atom stereocenters. The number of carbonyl (C=O) groups excluding carboxylic acids is 1. The molecule has 7 heteroatoms. The van der Waals surface area contributed by atoms with Crippen LogP contribution in [0.4, 0.5) is 0 Å². The largest absolute Gasteiger partial charge is 0.489 e. The normalized spacial score (nSPS) is 24.4. The molecule has 0 saturated carbocycles. The van der Waals surface area contributed by atoms with Crippen LogP contribution in [0.3, 0.4) is 0 Å². The molecule has 2 saturated heterocycles. The Kier molecular flexibility index (Phi) is 6.99. The molecule has 1 amide bonds. The van der Waals surface area contributed by atoms with Crippen LogP contribution in [-0.2, 0) is 16.1 Å². The highest BCUT2D eigenvalue weighted by molar-refractivity contribution is 6.30. The second-order valence-corrected chi connectivity index (χ2v) is 8.09. The average Bonchev–Trinajstić information content (AvgIpc) is 3.19. The van der Waals surface area contributed by atoms with Gasteiger partial charge in [-0.1, -0.05) is 24.3 Å². The first kappa shape index (κ1) is 21.1. The van der Waals surface area contributed by atoms with E-state index in [2.05, 4.69) is 11.5 Å². The molecule has 6 nitrogen and oxygen atoms in total. The lowest BCUT2D eigenvalue weighted by Gasteiger charge is -2.27. The molecule has 2 heterocycles. The highest BCUT2D eigenvalue weighted by atomic mass is 35.5. The van der Waals surface area contributed by atoms with Gasteiger partial charge in [-0.05, 0) is 31.0 Å². The van der Waals surface area contributed by atoms with Crippen LogP contribution < -0.4 is 4.74 Å². The predicted octanol–water partition coefficient (Wildman–Crippen LogP) is 2.19. The Labute approximate surface area is 171 Å². The van der Waals surface area contributed by atoms with Crippen molar-refractivity contribution in [2.24, 2.45) is 11.3 Å². The van der Waals surface area contributed by atoms with Crippen LogP contribution in [0.5, 0.6) is 5.75 Å². The highest BCUT2D eigenvalue weighted by Crippen LogP contribution is 2.43. The maximum Gasteiger partial charge on any atom is 0.248 e. The van der Waals surface area contributed by atoms with Gasteiger partial charge in [-0.15, -0.1) is 0 Å². The van der Waals surface area contributed by atoms with Crippen molar-refractivity contribution in [3.63, 3.8) is 0 Å². The van der Waals surface area contributed by atoms with Crippen molar-refractivity contribution in [2.45, 2.75) is 13.5 Å². The Morgan fingerprint density at radius 1 is 1.43 bits per heavy atom. The molecule has 0 radical (unpaired) electrons.